The predicted molar refractivity (Wildman–Crippen MR) is 71.3 cm³/mol. The fraction of sp³-hybridized carbons (Fsp3) is 0.214. The number of amides is 1. The maximum Gasteiger partial charge on any atom is 0.214 e. The lowest BCUT2D eigenvalue weighted by molar-refractivity contribution is -0.107. The minimum Gasteiger partial charge on any atom is -0.318 e. The van der Waals surface area contributed by atoms with Gasteiger partial charge in [-0.25, -0.2) is 0 Å². The molecule has 1 amide bonds. The predicted octanol–water partition coefficient (Wildman–Crippen LogP) is 2.02. The summed E-state index contributed by atoms with van der Waals surface area (Å²) in [6.45, 7) is 1.46. The zero-order valence-electron chi connectivity index (χ0n) is 9.89. The molecule has 17 heavy (non-hydrogen) atoms. The van der Waals surface area contributed by atoms with Gasteiger partial charge in [-0.2, -0.15) is 0 Å². The maximum atomic E-state index is 11.0. The molecule has 0 atom stereocenters. The summed E-state index contributed by atoms with van der Waals surface area (Å²) in [5, 5.41) is 5.38. The van der Waals surface area contributed by atoms with Crippen LogP contribution in [0.1, 0.15) is 0 Å². The van der Waals surface area contributed by atoms with Crippen LogP contribution in [0.3, 0.4) is 0 Å². The third-order valence-electron chi connectivity index (χ3n) is 2.79. The molecule has 0 saturated carbocycles. The summed E-state index contributed by atoms with van der Waals surface area (Å²) < 4.78 is 0. The molecule has 0 aliphatic carbocycles. The molecule has 2 aromatic carbocycles. The normalized spacial score (nSPS) is 10.4. The van der Waals surface area contributed by atoms with Crippen molar-refractivity contribution >= 4 is 22.9 Å². The largest absolute Gasteiger partial charge is 0.318 e. The van der Waals surface area contributed by atoms with Gasteiger partial charge in [-0.15, -0.1) is 0 Å². The zero-order valence-corrected chi connectivity index (χ0v) is 9.89. The van der Waals surface area contributed by atoms with Crippen molar-refractivity contribution in [3.63, 3.8) is 0 Å². The number of hydrogen-bond donors (Lipinski definition) is 1. The molecule has 0 radical (unpaired) electrons. The standard InChI is InChI=1S/C14H16N2O/c1-15-8-9-16(11-17)14-7-6-12-4-2-3-5-13(12)10-14/h2-7,10-11,15H,8-9H2,1H3. The van der Waals surface area contributed by atoms with Crippen molar-refractivity contribution in [3.8, 4) is 0 Å². The highest BCUT2D eigenvalue weighted by Gasteiger charge is 2.04. The molecular formula is C14H16N2O. The minimum absolute atomic E-state index is 0.679. The summed E-state index contributed by atoms with van der Waals surface area (Å²) in [4.78, 5) is 12.8. The minimum atomic E-state index is 0.679. The molecule has 3 heteroatoms. The van der Waals surface area contributed by atoms with Crippen LogP contribution in [0.5, 0.6) is 0 Å². The maximum absolute atomic E-state index is 11.0. The Labute approximate surface area is 101 Å². The van der Waals surface area contributed by atoms with Gasteiger partial charge in [-0.1, -0.05) is 30.3 Å². The number of nitrogens with zero attached hydrogens (tertiary/aromatic N) is 1. The summed E-state index contributed by atoms with van der Waals surface area (Å²) in [6.07, 6.45) is 0.876. The van der Waals surface area contributed by atoms with Crippen molar-refractivity contribution in [2.24, 2.45) is 0 Å². The first-order valence-corrected chi connectivity index (χ1v) is 5.70. The van der Waals surface area contributed by atoms with Crippen LogP contribution in [0.25, 0.3) is 10.8 Å². The number of rotatable bonds is 5. The first kappa shape index (κ1) is 11.6. The Balaban J connectivity index is 2.30. The van der Waals surface area contributed by atoms with Crippen LogP contribution in [0.4, 0.5) is 5.69 Å². The number of fused-ring (bicyclic) bond motifs is 1. The SMILES string of the molecule is CNCCN(C=O)c1ccc2ccccc2c1. The first-order chi connectivity index (χ1) is 8.35. The third-order valence-corrected chi connectivity index (χ3v) is 2.79. The lowest BCUT2D eigenvalue weighted by Crippen LogP contribution is -2.29. The Hall–Kier alpha value is -1.87. The van der Waals surface area contributed by atoms with Gasteiger partial charge in [-0.3, -0.25) is 4.79 Å². The number of carbonyl (C=O) groups excluding carboxylic acids is 1. The second kappa shape index (κ2) is 5.46. The summed E-state index contributed by atoms with van der Waals surface area (Å²) in [5.74, 6) is 0. The zero-order chi connectivity index (χ0) is 12.1. The summed E-state index contributed by atoms with van der Waals surface area (Å²) >= 11 is 0. The van der Waals surface area contributed by atoms with Gasteiger partial charge in [0.25, 0.3) is 0 Å². The van der Waals surface area contributed by atoms with Crippen LogP contribution in [-0.2, 0) is 4.79 Å². The molecule has 0 spiro atoms. The second-order valence-electron chi connectivity index (χ2n) is 3.93. The molecule has 0 aliphatic heterocycles. The topological polar surface area (TPSA) is 32.3 Å². The van der Waals surface area contributed by atoms with E-state index in [1.165, 1.54) is 5.39 Å². The average molecular weight is 228 g/mol. The van der Waals surface area contributed by atoms with Crippen LogP contribution in [0.2, 0.25) is 0 Å². The van der Waals surface area contributed by atoms with E-state index in [-0.39, 0.29) is 0 Å². The molecule has 3 nitrogen and oxygen atoms in total. The number of nitrogens with one attached hydrogen (secondary N) is 1. The van der Waals surface area contributed by atoms with E-state index in [0.717, 1.165) is 24.0 Å². The molecule has 0 unspecified atom stereocenters. The Morgan fingerprint density at radius 3 is 2.65 bits per heavy atom. The van der Waals surface area contributed by atoms with Crippen molar-refractivity contribution in [2.45, 2.75) is 0 Å². The molecule has 0 saturated heterocycles. The lowest BCUT2D eigenvalue weighted by atomic mass is 10.1. The number of benzene rings is 2. The molecular weight excluding hydrogens is 212 g/mol. The quantitative estimate of drug-likeness (QED) is 0.794. The summed E-state index contributed by atoms with van der Waals surface area (Å²) in [7, 11) is 1.88. The average Bonchev–Trinajstić information content (AvgIpc) is 2.39. The van der Waals surface area contributed by atoms with Gasteiger partial charge in [0.2, 0.25) is 6.41 Å². The van der Waals surface area contributed by atoms with Crippen molar-refractivity contribution in [3.05, 3.63) is 42.5 Å². The number of likely N-dealkylation sites (N-methyl/N-ethyl adjacent to an activating group) is 1. The number of anilines is 1. The van der Waals surface area contributed by atoms with E-state index >= 15 is 0 Å². The fourth-order valence-corrected chi connectivity index (χ4v) is 1.83. The highest BCUT2D eigenvalue weighted by Crippen LogP contribution is 2.21. The van der Waals surface area contributed by atoms with Gasteiger partial charge in [0, 0.05) is 18.8 Å². The monoisotopic (exact) mass is 228 g/mol. The molecule has 0 aliphatic rings. The first-order valence-electron chi connectivity index (χ1n) is 5.70. The van der Waals surface area contributed by atoms with Gasteiger partial charge in [-0.05, 0) is 30.0 Å². The van der Waals surface area contributed by atoms with E-state index in [2.05, 4.69) is 17.4 Å². The summed E-state index contributed by atoms with van der Waals surface area (Å²) in [5.41, 5.74) is 0.939. The smallest absolute Gasteiger partial charge is 0.214 e. The van der Waals surface area contributed by atoms with Gasteiger partial charge in [0.15, 0.2) is 0 Å². The molecule has 0 bridgehead atoms. The molecule has 0 heterocycles. The van der Waals surface area contributed by atoms with Gasteiger partial charge < -0.3 is 10.2 Å². The molecule has 1 N–H and O–H groups in total. The third kappa shape index (κ3) is 2.63. The molecule has 0 aromatic heterocycles. The van der Waals surface area contributed by atoms with E-state index in [9.17, 15) is 4.79 Å². The van der Waals surface area contributed by atoms with Crippen molar-refractivity contribution < 1.29 is 4.79 Å². The molecule has 88 valence electrons. The fourth-order valence-electron chi connectivity index (χ4n) is 1.83. The Kier molecular flexibility index (Phi) is 3.73. The van der Waals surface area contributed by atoms with E-state index in [1.54, 1.807) is 4.90 Å². The highest BCUT2D eigenvalue weighted by atomic mass is 16.1. The highest BCUT2D eigenvalue weighted by molar-refractivity contribution is 5.88. The summed E-state index contributed by atoms with van der Waals surface area (Å²) in [6, 6.07) is 14.2. The Morgan fingerprint density at radius 2 is 1.94 bits per heavy atom. The van der Waals surface area contributed by atoms with Crippen LogP contribution in [-0.4, -0.2) is 26.5 Å². The number of carbonyl (C=O) groups is 1. The van der Waals surface area contributed by atoms with Gasteiger partial charge in [0.05, 0.1) is 0 Å². The molecule has 2 aromatic rings. The molecule has 2 rings (SSSR count). The Bertz CT molecular complexity index is 510. The van der Waals surface area contributed by atoms with Crippen LogP contribution >= 0.6 is 0 Å². The van der Waals surface area contributed by atoms with Crippen LogP contribution < -0.4 is 10.2 Å². The molecule has 0 fully saturated rings. The van der Waals surface area contributed by atoms with E-state index < -0.39 is 0 Å². The number of hydrogen-bond acceptors (Lipinski definition) is 2. The van der Waals surface area contributed by atoms with Gasteiger partial charge >= 0.3 is 0 Å². The lowest BCUT2D eigenvalue weighted by Gasteiger charge is -2.17. The van der Waals surface area contributed by atoms with E-state index in [1.807, 2.05) is 37.4 Å². The van der Waals surface area contributed by atoms with E-state index in [4.69, 9.17) is 0 Å². The van der Waals surface area contributed by atoms with Crippen molar-refractivity contribution in [1.29, 1.82) is 0 Å². The van der Waals surface area contributed by atoms with Crippen LogP contribution in [0.15, 0.2) is 42.5 Å². The van der Waals surface area contributed by atoms with Gasteiger partial charge in [0.1, 0.15) is 0 Å². The van der Waals surface area contributed by atoms with Crippen LogP contribution in [0, 0.1) is 0 Å². The van der Waals surface area contributed by atoms with Crippen molar-refractivity contribution in [2.75, 3.05) is 25.0 Å². The Morgan fingerprint density at radius 1 is 1.18 bits per heavy atom. The second-order valence-corrected chi connectivity index (χ2v) is 3.93. The van der Waals surface area contributed by atoms with Crippen molar-refractivity contribution in [1.82, 2.24) is 5.32 Å². The van der Waals surface area contributed by atoms with E-state index in [0.29, 0.717) is 6.54 Å².